The first-order chi connectivity index (χ1) is 12.8. The number of hydrogen-bond donors (Lipinski definition) is 0. The number of benzene rings is 1. The van der Waals surface area contributed by atoms with E-state index in [1.54, 1.807) is 18.2 Å². The minimum Gasteiger partial charge on any atom is -0.478 e. The first-order valence-corrected chi connectivity index (χ1v) is 9.68. The van der Waals surface area contributed by atoms with Crippen LogP contribution in [-0.4, -0.2) is 48.2 Å². The molecule has 2 aliphatic rings. The van der Waals surface area contributed by atoms with Gasteiger partial charge in [-0.25, -0.2) is 0 Å². The predicted octanol–water partition coefficient (Wildman–Crippen LogP) is 2.90. The molecular formula is C21H28N2O4. The smallest absolute Gasteiger partial charge is 0.268 e. The summed E-state index contributed by atoms with van der Waals surface area (Å²) in [6.45, 7) is 8.95. The topological polar surface area (TPSA) is 66.9 Å². The lowest BCUT2D eigenvalue weighted by Crippen LogP contribution is -2.52. The molecule has 1 aromatic rings. The van der Waals surface area contributed by atoms with E-state index in [-0.39, 0.29) is 30.1 Å². The number of Topliss-reactive ketones (excluding diaryl/α,β-unsaturated/α-hetero) is 1. The van der Waals surface area contributed by atoms with Crippen LogP contribution in [0.3, 0.4) is 0 Å². The molecule has 0 aliphatic carbocycles. The van der Waals surface area contributed by atoms with Crippen LogP contribution < -0.4 is 9.64 Å². The van der Waals surface area contributed by atoms with E-state index >= 15 is 0 Å². The largest absolute Gasteiger partial charge is 0.478 e. The van der Waals surface area contributed by atoms with Crippen LogP contribution in [0.15, 0.2) is 18.2 Å². The normalized spacial score (nSPS) is 20.5. The van der Waals surface area contributed by atoms with Crippen LogP contribution in [0.5, 0.6) is 5.75 Å². The summed E-state index contributed by atoms with van der Waals surface area (Å²) in [5.74, 6) is 0.775. The Morgan fingerprint density at radius 2 is 1.89 bits per heavy atom. The van der Waals surface area contributed by atoms with Crippen LogP contribution in [0.25, 0.3) is 0 Å². The Labute approximate surface area is 160 Å². The number of amides is 2. The summed E-state index contributed by atoms with van der Waals surface area (Å²) in [7, 11) is 0. The van der Waals surface area contributed by atoms with Crippen molar-refractivity contribution < 1.29 is 19.1 Å². The highest BCUT2D eigenvalue weighted by Gasteiger charge is 2.38. The predicted molar refractivity (Wildman–Crippen MR) is 103 cm³/mol. The molecule has 1 unspecified atom stereocenters. The lowest BCUT2D eigenvalue weighted by Gasteiger charge is -2.37. The van der Waals surface area contributed by atoms with E-state index in [0.29, 0.717) is 22.9 Å². The van der Waals surface area contributed by atoms with Crippen LogP contribution in [-0.2, 0) is 9.59 Å². The minimum absolute atomic E-state index is 0.0197. The maximum atomic E-state index is 13.0. The zero-order valence-corrected chi connectivity index (χ0v) is 16.5. The number of ketones is 1. The lowest BCUT2D eigenvalue weighted by molar-refractivity contribution is -0.135. The minimum atomic E-state index is -0.630. The third kappa shape index (κ3) is 3.99. The quantitative estimate of drug-likeness (QED) is 0.762. The zero-order chi connectivity index (χ0) is 19.7. The molecule has 1 saturated heterocycles. The molecule has 146 valence electrons. The van der Waals surface area contributed by atoms with Crippen molar-refractivity contribution in [3.63, 3.8) is 0 Å². The molecule has 0 spiro atoms. The van der Waals surface area contributed by atoms with Crippen LogP contribution in [0, 0.1) is 11.8 Å². The number of nitrogens with zero attached hydrogens (tertiary/aromatic N) is 2. The highest BCUT2D eigenvalue weighted by atomic mass is 16.5. The molecule has 27 heavy (non-hydrogen) atoms. The number of ether oxygens (including phenoxy) is 1. The van der Waals surface area contributed by atoms with Crippen molar-refractivity contribution in [2.45, 2.75) is 46.6 Å². The van der Waals surface area contributed by atoms with Gasteiger partial charge in [-0.05, 0) is 49.8 Å². The number of piperidine rings is 1. The van der Waals surface area contributed by atoms with Crippen molar-refractivity contribution in [3.05, 3.63) is 23.8 Å². The fourth-order valence-corrected chi connectivity index (χ4v) is 3.58. The van der Waals surface area contributed by atoms with E-state index < -0.39 is 6.10 Å². The van der Waals surface area contributed by atoms with Crippen molar-refractivity contribution in [1.29, 1.82) is 0 Å². The van der Waals surface area contributed by atoms with Crippen molar-refractivity contribution in [2.24, 2.45) is 11.8 Å². The van der Waals surface area contributed by atoms with Crippen molar-refractivity contribution in [2.75, 3.05) is 24.5 Å². The number of likely N-dealkylation sites (tertiary alicyclic amines) is 1. The maximum absolute atomic E-state index is 13.0. The van der Waals surface area contributed by atoms with Crippen LogP contribution in [0.1, 0.15) is 50.9 Å². The molecule has 3 rings (SSSR count). The molecule has 0 N–H and O–H groups in total. The number of carbonyl (C=O) groups excluding carboxylic acids is 3. The van der Waals surface area contributed by atoms with Gasteiger partial charge in [0.2, 0.25) is 5.91 Å². The third-order valence-electron chi connectivity index (χ3n) is 5.45. The summed E-state index contributed by atoms with van der Waals surface area (Å²) in [5.41, 5.74) is 1.00. The van der Waals surface area contributed by atoms with E-state index in [1.807, 2.05) is 18.7 Å². The summed E-state index contributed by atoms with van der Waals surface area (Å²) in [6.07, 6.45) is 1.35. The second kappa shape index (κ2) is 7.71. The van der Waals surface area contributed by atoms with Crippen molar-refractivity contribution >= 4 is 23.3 Å². The Morgan fingerprint density at radius 1 is 1.22 bits per heavy atom. The number of anilines is 1. The molecule has 1 fully saturated rings. The SMILES string of the molecule is CC(=O)c1ccc2c(c1)N(CC(=O)N1CCC(C)CC1)C(=O)C(C(C)C)O2. The number of carbonyl (C=O) groups is 3. The van der Waals surface area contributed by atoms with E-state index in [0.717, 1.165) is 25.9 Å². The molecular weight excluding hydrogens is 344 g/mol. The van der Waals surface area contributed by atoms with E-state index in [2.05, 4.69) is 6.92 Å². The fourth-order valence-electron chi connectivity index (χ4n) is 3.58. The van der Waals surface area contributed by atoms with Gasteiger partial charge < -0.3 is 9.64 Å². The van der Waals surface area contributed by atoms with Gasteiger partial charge in [0.15, 0.2) is 11.9 Å². The number of hydrogen-bond acceptors (Lipinski definition) is 4. The van der Waals surface area contributed by atoms with Gasteiger partial charge in [0.05, 0.1) is 5.69 Å². The van der Waals surface area contributed by atoms with Crippen LogP contribution in [0.2, 0.25) is 0 Å². The summed E-state index contributed by atoms with van der Waals surface area (Å²) in [5, 5.41) is 0. The molecule has 0 bridgehead atoms. The average Bonchev–Trinajstić information content (AvgIpc) is 2.63. The maximum Gasteiger partial charge on any atom is 0.268 e. The third-order valence-corrected chi connectivity index (χ3v) is 5.45. The molecule has 0 saturated carbocycles. The molecule has 6 nitrogen and oxygen atoms in total. The highest BCUT2D eigenvalue weighted by Crippen LogP contribution is 2.36. The van der Waals surface area contributed by atoms with Crippen molar-refractivity contribution in [1.82, 2.24) is 4.90 Å². The Morgan fingerprint density at radius 3 is 2.48 bits per heavy atom. The average molecular weight is 372 g/mol. The van der Waals surface area contributed by atoms with Crippen LogP contribution in [0.4, 0.5) is 5.69 Å². The lowest BCUT2D eigenvalue weighted by atomic mass is 9.99. The van der Waals surface area contributed by atoms with Gasteiger partial charge in [-0.15, -0.1) is 0 Å². The molecule has 2 aliphatic heterocycles. The second-order valence-electron chi connectivity index (χ2n) is 8.01. The highest BCUT2D eigenvalue weighted by molar-refractivity contribution is 6.05. The summed E-state index contributed by atoms with van der Waals surface area (Å²) >= 11 is 0. The summed E-state index contributed by atoms with van der Waals surface area (Å²) < 4.78 is 5.88. The molecule has 0 radical (unpaired) electrons. The molecule has 1 atom stereocenters. The van der Waals surface area contributed by atoms with E-state index in [4.69, 9.17) is 4.74 Å². The monoisotopic (exact) mass is 372 g/mol. The van der Waals surface area contributed by atoms with Crippen LogP contribution >= 0.6 is 0 Å². The second-order valence-corrected chi connectivity index (χ2v) is 8.01. The van der Waals surface area contributed by atoms with Crippen molar-refractivity contribution in [3.8, 4) is 5.75 Å². The van der Waals surface area contributed by atoms with Gasteiger partial charge in [0.25, 0.3) is 5.91 Å². The molecule has 6 heteroatoms. The zero-order valence-electron chi connectivity index (χ0n) is 16.5. The Balaban J connectivity index is 1.89. The molecule has 0 aromatic heterocycles. The van der Waals surface area contributed by atoms with Gasteiger partial charge in [0.1, 0.15) is 12.3 Å². The first kappa shape index (κ1) is 19.4. The van der Waals surface area contributed by atoms with Gasteiger partial charge in [-0.2, -0.15) is 0 Å². The standard InChI is InChI=1S/C21H28N2O4/c1-13(2)20-21(26)23(12-19(25)22-9-7-14(3)8-10-22)17-11-16(15(4)24)5-6-18(17)27-20/h5-6,11,13-14,20H,7-10,12H2,1-4H3. The van der Waals surface area contributed by atoms with E-state index in [1.165, 1.54) is 11.8 Å². The Bertz CT molecular complexity index is 751. The summed E-state index contributed by atoms with van der Waals surface area (Å²) in [6, 6.07) is 5.06. The number of rotatable bonds is 4. The van der Waals surface area contributed by atoms with Gasteiger partial charge in [0, 0.05) is 18.7 Å². The van der Waals surface area contributed by atoms with Gasteiger partial charge in [-0.3, -0.25) is 19.3 Å². The van der Waals surface area contributed by atoms with Gasteiger partial charge in [-0.1, -0.05) is 20.8 Å². The molecule has 2 amide bonds. The summed E-state index contributed by atoms with van der Waals surface area (Å²) in [4.78, 5) is 41.0. The molecule has 1 aromatic carbocycles. The Kier molecular flexibility index (Phi) is 5.53. The first-order valence-electron chi connectivity index (χ1n) is 9.68. The molecule has 2 heterocycles. The Hall–Kier alpha value is -2.37. The fraction of sp³-hybridized carbons (Fsp3) is 0.571. The van der Waals surface area contributed by atoms with Gasteiger partial charge >= 0.3 is 0 Å². The van der Waals surface area contributed by atoms with E-state index in [9.17, 15) is 14.4 Å². The number of fused-ring (bicyclic) bond motifs is 1.